The Bertz CT molecular complexity index is 240. The minimum Gasteiger partial charge on any atom is -0.392 e. The van der Waals surface area contributed by atoms with Gasteiger partial charge in [-0.1, -0.05) is 13.8 Å². The van der Waals surface area contributed by atoms with Crippen LogP contribution in [0.3, 0.4) is 0 Å². The molecule has 0 radical (unpaired) electrons. The second-order valence-electron chi connectivity index (χ2n) is 4.92. The van der Waals surface area contributed by atoms with Gasteiger partial charge in [-0.25, -0.2) is 0 Å². The molecule has 3 nitrogen and oxygen atoms in total. The maximum Gasteiger partial charge on any atom is 0.0704 e. The fraction of sp³-hybridized carbons (Fsp3) is 0.923. The van der Waals surface area contributed by atoms with E-state index in [0.29, 0.717) is 12.5 Å². The van der Waals surface area contributed by atoms with Gasteiger partial charge in [0.1, 0.15) is 0 Å². The summed E-state index contributed by atoms with van der Waals surface area (Å²) in [4.78, 5) is 4.74. The van der Waals surface area contributed by atoms with Crippen LogP contribution in [0.15, 0.2) is 4.99 Å². The van der Waals surface area contributed by atoms with Gasteiger partial charge in [0.2, 0.25) is 0 Å². The number of hydrogen-bond donors (Lipinski definition) is 1. The highest BCUT2D eigenvalue weighted by atomic mass is 16.5. The lowest BCUT2D eigenvalue weighted by molar-refractivity contribution is 0.107. The van der Waals surface area contributed by atoms with Crippen LogP contribution >= 0.6 is 0 Å². The molecule has 1 aliphatic carbocycles. The number of ether oxygens (including phenoxy) is 1. The molecule has 0 aromatic rings. The molecule has 0 saturated heterocycles. The van der Waals surface area contributed by atoms with Crippen LogP contribution in [0.1, 0.15) is 40.0 Å². The number of hydrogen-bond acceptors (Lipinski definition) is 3. The smallest absolute Gasteiger partial charge is 0.0704 e. The number of nitrogens with zero attached hydrogens (tertiary/aromatic N) is 1. The molecule has 1 saturated carbocycles. The van der Waals surface area contributed by atoms with Gasteiger partial charge in [0.05, 0.1) is 18.8 Å². The third kappa shape index (κ3) is 3.29. The number of aliphatic hydroxyl groups excluding tert-OH is 1. The Morgan fingerprint density at radius 2 is 2.19 bits per heavy atom. The molecule has 0 spiro atoms. The van der Waals surface area contributed by atoms with Gasteiger partial charge in [0.25, 0.3) is 0 Å². The van der Waals surface area contributed by atoms with E-state index in [-0.39, 0.29) is 18.1 Å². The highest BCUT2D eigenvalue weighted by Gasteiger charge is 2.31. The molecule has 3 heteroatoms. The Morgan fingerprint density at radius 1 is 1.50 bits per heavy atom. The Kier molecular flexibility index (Phi) is 5.42. The molecule has 0 aromatic carbocycles. The summed E-state index contributed by atoms with van der Waals surface area (Å²) in [7, 11) is 1.70. The zero-order valence-corrected chi connectivity index (χ0v) is 10.9. The van der Waals surface area contributed by atoms with Crippen LogP contribution in [-0.2, 0) is 4.74 Å². The van der Waals surface area contributed by atoms with Gasteiger partial charge in [0.15, 0.2) is 0 Å². The highest BCUT2D eigenvalue weighted by molar-refractivity contribution is 5.90. The van der Waals surface area contributed by atoms with Crippen molar-refractivity contribution in [1.82, 2.24) is 0 Å². The van der Waals surface area contributed by atoms with Crippen molar-refractivity contribution in [2.75, 3.05) is 13.7 Å². The number of rotatable bonds is 4. The Hall–Kier alpha value is -0.410. The standard InChI is InChI=1S/C13H25NO2/c1-5-11-12(15)7-6-9(2)13(11)14-10(3)8-16-4/h9-12,15H,5-8H2,1-4H3/t9?,10-,11?,12?/m0/s1. The highest BCUT2D eigenvalue weighted by Crippen LogP contribution is 2.29. The van der Waals surface area contributed by atoms with Crippen molar-refractivity contribution in [2.45, 2.75) is 52.2 Å². The van der Waals surface area contributed by atoms with Crippen molar-refractivity contribution >= 4 is 5.71 Å². The third-order valence-electron chi connectivity index (χ3n) is 3.46. The summed E-state index contributed by atoms with van der Waals surface area (Å²) in [6, 6.07) is 0.196. The molecule has 1 rings (SSSR count). The largest absolute Gasteiger partial charge is 0.392 e. The molecule has 0 aliphatic heterocycles. The second kappa shape index (κ2) is 6.36. The fourth-order valence-electron chi connectivity index (χ4n) is 2.57. The number of methoxy groups -OCH3 is 1. The van der Waals surface area contributed by atoms with Crippen molar-refractivity contribution in [3.63, 3.8) is 0 Å². The van der Waals surface area contributed by atoms with Crippen molar-refractivity contribution in [3.05, 3.63) is 0 Å². The molecular weight excluding hydrogens is 202 g/mol. The van der Waals surface area contributed by atoms with Gasteiger partial charge in [0, 0.05) is 18.7 Å². The van der Waals surface area contributed by atoms with Crippen LogP contribution in [-0.4, -0.2) is 36.7 Å². The summed E-state index contributed by atoms with van der Waals surface area (Å²) >= 11 is 0. The van der Waals surface area contributed by atoms with E-state index in [1.807, 2.05) is 0 Å². The zero-order valence-electron chi connectivity index (χ0n) is 10.9. The predicted molar refractivity (Wildman–Crippen MR) is 67.0 cm³/mol. The minimum atomic E-state index is -0.199. The lowest BCUT2D eigenvalue weighted by Crippen LogP contribution is -2.38. The maximum absolute atomic E-state index is 9.99. The molecule has 16 heavy (non-hydrogen) atoms. The summed E-state index contributed by atoms with van der Waals surface area (Å²) in [6.07, 6.45) is 2.74. The molecule has 0 amide bonds. The molecule has 0 bridgehead atoms. The van der Waals surface area contributed by atoms with Crippen LogP contribution in [0, 0.1) is 11.8 Å². The van der Waals surface area contributed by atoms with E-state index >= 15 is 0 Å². The van der Waals surface area contributed by atoms with Crippen molar-refractivity contribution in [2.24, 2.45) is 16.8 Å². The van der Waals surface area contributed by atoms with Crippen molar-refractivity contribution < 1.29 is 9.84 Å². The predicted octanol–water partition coefficient (Wildman–Crippen LogP) is 2.28. The Balaban J connectivity index is 2.78. The van der Waals surface area contributed by atoms with Gasteiger partial charge in [-0.3, -0.25) is 4.99 Å². The summed E-state index contributed by atoms with van der Waals surface area (Å²) < 4.78 is 5.11. The number of aliphatic hydroxyl groups is 1. The molecule has 0 heterocycles. The molecule has 94 valence electrons. The summed E-state index contributed by atoms with van der Waals surface area (Å²) in [5, 5.41) is 9.99. The number of aliphatic imine (C=N–C) groups is 1. The first-order chi connectivity index (χ1) is 7.60. The first-order valence-electron chi connectivity index (χ1n) is 6.34. The first kappa shape index (κ1) is 13.7. The fourth-order valence-corrected chi connectivity index (χ4v) is 2.57. The van der Waals surface area contributed by atoms with Gasteiger partial charge in [-0.15, -0.1) is 0 Å². The van der Waals surface area contributed by atoms with E-state index in [0.717, 1.165) is 19.3 Å². The van der Waals surface area contributed by atoms with Crippen LogP contribution < -0.4 is 0 Å². The molecule has 1 N–H and O–H groups in total. The molecule has 1 aliphatic rings. The van der Waals surface area contributed by atoms with E-state index in [2.05, 4.69) is 20.8 Å². The van der Waals surface area contributed by atoms with Crippen molar-refractivity contribution in [3.8, 4) is 0 Å². The second-order valence-corrected chi connectivity index (χ2v) is 4.92. The van der Waals surface area contributed by atoms with E-state index in [4.69, 9.17) is 9.73 Å². The van der Waals surface area contributed by atoms with E-state index in [9.17, 15) is 5.11 Å². The van der Waals surface area contributed by atoms with Gasteiger partial charge in [-0.05, 0) is 32.1 Å². The average Bonchev–Trinajstić information content (AvgIpc) is 2.24. The van der Waals surface area contributed by atoms with Gasteiger partial charge >= 0.3 is 0 Å². The Morgan fingerprint density at radius 3 is 2.75 bits per heavy atom. The lowest BCUT2D eigenvalue weighted by atomic mass is 9.77. The summed E-state index contributed by atoms with van der Waals surface area (Å²) in [5.41, 5.74) is 1.20. The molecule has 4 atom stereocenters. The monoisotopic (exact) mass is 227 g/mol. The van der Waals surface area contributed by atoms with E-state index in [1.54, 1.807) is 7.11 Å². The minimum absolute atomic E-state index is 0.196. The van der Waals surface area contributed by atoms with Crippen LogP contribution in [0.2, 0.25) is 0 Å². The lowest BCUT2D eigenvalue weighted by Gasteiger charge is -2.33. The van der Waals surface area contributed by atoms with Crippen LogP contribution in [0.5, 0.6) is 0 Å². The Labute approximate surface area is 98.9 Å². The molecule has 3 unspecified atom stereocenters. The normalized spacial score (nSPS) is 35.3. The molecular formula is C13H25NO2. The topological polar surface area (TPSA) is 41.8 Å². The van der Waals surface area contributed by atoms with Gasteiger partial charge < -0.3 is 9.84 Å². The summed E-state index contributed by atoms with van der Waals surface area (Å²) in [5.74, 6) is 0.760. The van der Waals surface area contributed by atoms with Gasteiger partial charge in [-0.2, -0.15) is 0 Å². The SMILES string of the molecule is CCC1C(=N[C@@H](C)COC)C(C)CCC1O. The maximum atomic E-state index is 9.99. The quantitative estimate of drug-likeness (QED) is 0.800. The van der Waals surface area contributed by atoms with Crippen molar-refractivity contribution in [1.29, 1.82) is 0 Å². The van der Waals surface area contributed by atoms with E-state index < -0.39 is 0 Å². The van der Waals surface area contributed by atoms with E-state index in [1.165, 1.54) is 5.71 Å². The molecule has 1 fully saturated rings. The third-order valence-corrected chi connectivity index (χ3v) is 3.46. The zero-order chi connectivity index (χ0) is 12.1. The first-order valence-corrected chi connectivity index (χ1v) is 6.34. The molecule has 0 aromatic heterocycles. The van der Waals surface area contributed by atoms with Crippen LogP contribution in [0.25, 0.3) is 0 Å². The summed E-state index contributed by atoms with van der Waals surface area (Å²) in [6.45, 7) is 7.06. The van der Waals surface area contributed by atoms with Crippen LogP contribution in [0.4, 0.5) is 0 Å². The average molecular weight is 227 g/mol.